The summed E-state index contributed by atoms with van der Waals surface area (Å²) >= 11 is 0. The van der Waals surface area contributed by atoms with E-state index in [9.17, 15) is 0 Å². The molecule has 304 valence electrons. The second-order valence-corrected chi connectivity index (χ2v) is 17.8. The first-order valence-corrected chi connectivity index (χ1v) is 22.1. The molecule has 0 radical (unpaired) electrons. The average molecular weight is 796 g/mol. The molecule has 0 bridgehead atoms. The Labute approximate surface area is 364 Å². The van der Waals surface area contributed by atoms with Gasteiger partial charge in [0.25, 0.3) is 0 Å². The lowest BCUT2D eigenvalue weighted by atomic mass is 9.76. The van der Waals surface area contributed by atoms with Gasteiger partial charge in [-0.15, -0.1) is 0 Å². The topological polar surface area (TPSA) is 12.5 Å². The number of fused-ring (bicyclic) bond motifs is 7. The molecule has 1 aliphatic heterocycles. The number of anilines is 1. The molecule has 1 heterocycles. The lowest BCUT2D eigenvalue weighted by molar-refractivity contribution is 0.267. The summed E-state index contributed by atoms with van der Waals surface area (Å²) in [7, 11) is 0. The zero-order valence-corrected chi connectivity index (χ0v) is 36.8. The van der Waals surface area contributed by atoms with Crippen molar-refractivity contribution < 1.29 is 4.74 Å². The summed E-state index contributed by atoms with van der Waals surface area (Å²) in [6.45, 7) is 21.2. The van der Waals surface area contributed by atoms with Crippen LogP contribution < -0.4 is 9.64 Å². The first kappa shape index (κ1) is 40.0. The maximum absolute atomic E-state index is 6.45. The van der Waals surface area contributed by atoms with Gasteiger partial charge in [0, 0.05) is 40.2 Å². The Morgan fingerprint density at radius 3 is 2.13 bits per heavy atom. The summed E-state index contributed by atoms with van der Waals surface area (Å²) in [4.78, 5) is 2.47. The number of hydrogen-bond acceptors (Lipinski definition) is 2. The van der Waals surface area contributed by atoms with Crippen molar-refractivity contribution in [1.82, 2.24) is 0 Å². The fraction of sp³-hybridized carbons (Fsp3) is 0.220. The minimum Gasteiger partial charge on any atom is -0.486 e. The van der Waals surface area contributed by atoms with Crippen LogP contribution in [0.15, 0.2) is 182 Å². The zero-order chi connectivity index (χ0) is 42.5. The Morgan fingerprint density at radius 2 is 1.36 bits per heavy atom. The smallest absolute Gasteiger partial charge is 0.124 e. The average Bonchev–Trinajstić information content (AvgIpc) is 3.69. The molecule has 2 heteroatoms. The third-order valence-electron chi connectivity index (χ3n) is 13.8. The molecule has 0 saturated carbocycles. The van der Waals surface area contributed by atoms with Crippen LogP contribution in [-0.2, 0) is 17.4 Å². The maximum atomic E-state index is 6.45. The van der Waals surface area contributed by atoms with Gasteiger partial charge in [-0.05, 0) is 135 Å². The molecule has 0 aromatic heterocycles. The highest BCUT2D eigenvalue weighted by Crippen LogP contribution is 2.57. The molecule has 6 aromatic rings. The van der Waals surface area contributed by atoms with Crippen LogP contribution in [0.5, 0.6) is 5.75 Å². The van der Waals surface area contributed by atoms with Crippen LogP contribution in [0.3, 0.4) is 0 Å². The second-order valence-electron chi connectivity index (χ2n) is 17.8. The fourth-order valence-electron chi connectivity index (χ4n) is 10.1. The quantitative estimate of drug-likeness (QED) is 0.135. The predicted octanol–water partition coefficient (Wildman–Crippen LogP) is 15.5. The second kappa shape index (κ2) is 15.9. The molecule has 2 nitrogen and oxygen atoms in total. The highest BCUT2D eigenvalue weighted by atomic mass is 16.5. The Hall–Kier alpha value is -6.38. The molecule has 0 saturated heterocycles. The Kier molecular flexibility index (Phi) is 10.4. The van der Waals surface area contributed by atoms with Crippen LogP contribution in [0, 0.1) is 0 Å². The van der Waals surface area contributed by atoms with Crippen LogP contribution in [-0.4, -0.2) is 6.10 Å². The molecule has 9 rings (SSSR count). The summed E-state index contributed by atoms with van der Waals surface area (Å²) in [5.41, 5.74) is 20.2. The van der Waals surface area contributed by atoms with Crippen LogP contribution in [0.2, 0.25) is 0 Å². The molecule has 61 heavy (non-hydrogen) atoms. The molecule has 6 aromatic carbocycles. The van der Waals surface area contributed by atoms with E-state index in [-0.39, 0.29) is 22.9 Å². The van der Waals surface area contributed by atoms with E-state index in [1.165, 1.54) is 72.4 Å². The van der Waals surface area contributed by atoms with E-state index < -0.39 is 0 Å². The number of ether oxygens (including phenoxy) is 1. The van der Waals surface area contributed by atoms with Gasteiger partial charge < -0.3 is 9.64 Å². The van der Waals surface area contributed by atoms with Gasteiger partial charge in [-0.2, -0.15) is 0 Å². The van der Waals surface area contributed by atoms with E-state index in [0.717, 1.165) is 29.0 Å². The molecule has 0 spiro atoms. The highest BCUT2D eigenvalue weighted by molar-refractivity contribution is 5.91. The highest BCUT2D eigenvalue weighted by Gasteiger charge is 2.43. The molecular weight excluding hydrogens is 739 g/mol. The van der Waals surface area contributed by atoms with Crippen LogP contribution >= 0.6 is 0 Å². The molecule has 0 amide bonds. The normalized spacial score (nSPS) is 20.5. The van der Waals surface area contributed by atoms with E-state index in [4.69, 9.17) is 4.74 Å². The summed E-state index contributed by atoms with van der Waals surface area (Å²) in [6.07, 6.45) is 16.2. The third-order valence-corrected chi connectivity index (χ3v) is 13.8. The lowest BCUT2D eigenvalue weighted by Gasteiger charge is -2.29. The first-order valence-electron chi connectivity index (χ1n) is 22.1. The van der Waals surface area contributed by atoms with Gasteiger partial charge in [0.2, 0.25) is 0 Å². The number of rotatable bonds is 9. The summed E-state index contributed by atoms with van der Waals surface area (Å²) in [5, 5.41) is 0. The van der Waals surface area contributed by atoms with Gasteiger partial charge in [0.15, 0.2) is 0 Å². The predicted molar refractivity (Wildman–Crippen MR) is 259 cm³/mol. The Balaban J connectivity index is 1.12. The zero-order valence-electron chi connectivity index (χ0n) is 36.8. The monoisotopic (exact) mass is 795 g/mol. The molecule has 0 fully saturated rings. The van der Waals surface area contributed by atoms with E-state index in [0.29, 0.717) is 6.54 Å². The number of nitrogens with zero attached hydrogens (tertiary/aromatic N) is 1. The Morgan fingerprint density at radius 1 is 0.672 bits per heavy atom. The minimum atomic E-state index is -0.0852. The van der Waals surface area contributed by atoms with Gasteiger partial charge in [0.1, 0.15) is 11.9 Å². The van der Waals surface area contributed by atoms with Crippen molar-refractivity contribution in [2.45, 2.75) is 84.3 Å². The van der Waals surface area contributed by atoms with Crippen molar-refractivity contribution in [2.24, 2.45) is 0 Å². The fourth-order valence-corrected chi connectivity index (χ4v) is 10.1. The van der Waals surface area contributed by atoms with Crippen molar-refractivity contribution in [3.8, 4) is 39.1 Å². The van der Waals surface area contributed by atoms with Crippen molar-refractivity contribution in [1.29, 1.82) is 0 Å². The van der Waals surface area contributed by atoms with E-state index in [2.05, 4.69) is 224 Å². The molecule has 0 N–H and O–H groups in total. The van der Waals surface area contributed by atoms with Gasteiger partial charge >= 0.3 is 0 Å². The standard InChI is InChI=1S/C59H57NO/c1-9-45(32-27-39(3)43-21-12-11-13-22-43)60(38-42-28-30-44(31-29-42)47-24-18-26-56-57(47)40(4)19-14-15-20-41(5)61-56)46-33-34-53-49(35-46)51-36-54-50(37-55(51)59(53,8)10-2)48-23-16-17-25-52(48)58(54,6)7/h9,11-37,40-41H,3,10,38H2,1-2,4-8H3/b19-14-,20-15-,32-27-,45-9+. The molecule has 3 atom stereocenters. The Bertz CT molecular complexity index is 2780. The number of hydrogen-bond donors (Lipinski definition) is 0. The summed E-state index contributed by atoms with van der Waals surface area (Å²) < 4.78 is 6.45. The van der Waals surface area contributed by atoms with E-state index in [1.54, 1.807) is 0 Å². The van der Waals surface area contributed by atoms with Gasteiger partial charge in [-0.1, -0.05) is 169 Å². The molecular formula is C59H57NO. The van der Waals surface area contributed by atoms with Crippen LogP contribution in [0.1, 0.15) is 99.7 Å². The first-order chi connectivity index (χ1) is 29.5. The van der Waals surface area contributed by atoms with Gasteiger partial charge in [0.05, 0.1) is 0 Å². The van der Waals surface area contributed by atoms with Crippen molar-refractivity contribution in [2.75, 3.05) is 4.90 Å². The van der Waals surface area contributed by atoms with Crippen molar-refractivity contribution >= 4 is 11.3 Å². The van der Waals surface area contributed by atoms with E-state index >= 15 is 0 Å². The largest absolute Gasteiger partial charge is 0.486 e. The SMILES string of the molecule is C=C(/C=C\C(=C/C)N(Cc1ccc(-c2cccc3c2C(C)/C=C\C=C/C(C)O3)cc1)c1ccc2c(c1)-c1cc3c(cc1C2(C)CC)-c1ccccc1C3(C)C)c1ccccc1. The summed E-state index contributed by atoms with van der Waals surface area (Å²) in [6, 6.07) is 47.3. The minimum absolute atomic E-state index is 0.00904. The van der Waals surface area contributed by atoms with Crippen molar-refractivity contribution in [3.63, 3.8) is 0 Å². The maximum Gasteiger partial charge on any atom is 0.124 e. The van der Waals surface area contributed by atoms with Gasteiger partial charge in [-0.3, -0.25) is 0 Å². The molecule has 3 aliphatic rings. The van der Waals surface area contributed by atoms with Crippen molar-refractivity contribution in [3.05, 3.63) is 221 Å². The lowest BCUT2D eigenvalue weighted by Crippen LogP contribution is -2.22. The third kappa shape index (κ3) is 7.02. The molecule has 2 aliphatic carbocycles. The van der Waals surface area contributed by atoms with Crippen LogP contribution in [0.25, 0.3) is 39.0 Å². The summed E-state index contributed by atoms with van der Waals surface area (Å²) in [5.74, 6) is 1.15. The van der Waals surface area contributed by atoms with Gasteiger partial charge in [-0.25, -0.2) is 0 Å². The van der Waals surface area contributed by atoms with Crippen LogP contribution in [0.4, 0.5) is 5.69 Å². The van der Waals surface area contributed by atoms with E-state index in [1.807, 2.05) is 6.07 Å². The molecule has 3 unspecified atom stereocenters. The number of benzene rings is 6. The number of allylic oxidation sites excluding steroid dienone is 7.